The Morgan fingerprint density at radius 2 is 1.87 bits per heavy atom. The molecule has 1 heterocycles. The molecule has 1 saturated carbocycles. The molecule has 2 aliphatic carbocycles. The molecule has 31 heavy (non-hydrogen) atoms. The lowest BCUT2D eigenvalue weighted by molar-refractivity contribution is -0.00882. The van der Waals surface area contributed by atoms with Gasteiger partial charge in [-0.15, -0.1) is 0 Å². The molecule has 0 spiro atoms. The molecule has 1 aromatic carbocycles. The summed E-state index contributed by atoms with van der Waals surface area (Å²) in [5.74, 6) is 1.03. The Morgan fingerprint density at radius 3 is 2.61 bits per heavy atom. The Labute approximate surface area is 185 Å². The van der Waals surface area contributed by atoms with Gasteiger partial charge in [-0.05, 0) is 36.1 Å². The molecule has 0 unspecified atom stereocenters. The van der Waals surface area contributed by atoms with E-state index >= 15 is 0 Å². The first-order valence-corrected chi connectivity index (χ1v) is 11.7. The van der Waals surface area contributed by atoms with Gasteiger partial charge in [-0.25, -0.2) is 9.97 Å². The second kappa shape index (κ2) is 8.85. The van der Waals surface area contributed by atoms with E-state index in [1.54, 1.807) is 6.07 Å². The molecular formula is C19H24ClN5O5S. The zero-order valence-corrected chi connectivity index (χ0v) is 18.3. The molecule has 0 saturated heterocycles. The summed E-state index contributed by atoms with van der Waals surface area (Å²) in [5.41, 5.74) is 2.39. The number of aliphatic hydroxyl groups excluding tert-OH is 2. The van der Waals surface area contributed by atoms with Crippen molar-refractivity contribution in [3.05, 3.63) is 46.7 Å². The Kier molecular flexibility index (Phi) is 6.33. The number of aromatic nitrogens is 2. The van der Waals surface area contributed by atoms with E-state index < -0.39 is 34.7 Å². The number of benzene rings is 1. The largest absolute Gasteiger partial charge is 0.388 e. The van der Waals surface area contributed by atoms with E-state index in [4.69, 9.17) is 15.8 Å². The van der Waals surface area contributed by atoms with Gasteiger partial charge in [0.15, 0.2) is 0 Å². The molecule has 12 heteroatoms. The van der Waals surface area contributed by atoms with Gasteiger partial charge >= 0.3 is 10.3 Å². The van der Waals surface area contributed by atoms with Gasteiger partial charge in [-0.1, -0.05) is 17.7 Å². The van der Waals surface area contributed by atoms with Crippen LogP contribution >= 0.6 is 11.6 Å². The first-order chi connectivity index (χ1) is 14.8. The maximum Gasteiger partial charge on any atom is 0.335 e. The highest BCUT2D eigenvalue weighted by molar-refractivity contribution is 7.84. The summed E-state index contributed by atoms with van der Waals surface area (Å²) in [7, 11) is -2.79. The minimum Gasteiger partial charge on any atom is -0.388 e. The van der Waals surface area contributed by atoms with Crippen molar-refractivity contribution in [1.29, 1.82) is 0 Å². The van der Waals surface area contributed by atoms with E-state index in [2.05, 4.69) is 20.6 Å². The maximum absolute atomic E-state index is 11.6. The van der Waals surface area contributed by atoms with Crippen LogP contribution in [-0.4, -0.2) is 60.0 Å². The number of halogens is 1. The van der Waals surface area contributed by atoms with Crippen LogP contribution in [0, 0.1) is 0 Å². The van der Waals surface area contributed by atoms with Crippen LogP contribution in [-0.2, 0) is 20.9 Å². The number of aliphatic hydroxyl groups is 2. The van der Waals surface area contributed by atoms with Crippen LogP contribution in [0.25, 0.3) is 0 Å². The number of nitrogens with one attached hydrogen (secondary N) is 3. The van der Waals surface area contributed by atoms with Gasteiger partial charge in [0, 0.05) is 24.6 Å². The Morgan fingerprint density at radius 1 is 1.13 bits per heavy atom. The minimum absolute atomic E-state index is 0.0762. The van der Waals surface area contributed by atoms with Crippen LogP contribution < -0.4 is 15.4 Å². The molecule has 0 bridgehead atoms. The second-order valence-corrected chi connectivity index (χ2v) is 9.57. The normalized spacial score (nSPS) is 27.8. The molecular weight excluding hydrogens is 446 g/mol. The quantitative estimate of drug-likeness (QED) is 0.400. The van der Waals surface area contributed by atoms with Crippen LogP contribution in [0.1, 0.15) is 30.0 Å². The van der Waals surface area contributed by atoms with Crippen molar-refractivity contribution in [3.63, 3.8) is 0 Å². The molecule has 4 rings (SSSR count). The fourth-order valence-corrected chi connectivity index (χ4v) is 4.87. The topological polar surface area (TPSA) is 146 Å². The molecule has 5 atom stereocenters. The van der Waals surface area contributed by atoms with Gasteiger partial charge in [-0.3, -0.25) is 4.18 Å². The summed E-state index contributed by atoms with van der Waals surface area (Å²) in [6.07, 6.45) is -0.364. The summed E-state index contributed by atoms with van der Waals surface area (Å²) in [5, 5.41) is 27.6. The molecule has 1 aromatic heterocycles. The van der Waals surface area contributed by atoms with Gasteiger partial charge in [0.05, 0.1) is 12.1 Å². The third-order valence-corrected chi connectivity index (χ3v) is 6.87. The predicted octanol–water partition coefficient (Wildman–Crippen LogP) is 0.985. The molecule has 1 fully saturated rings. The Hall–Kier alpha value is -2.02. The van der Waals surface area contributed by atoms with Gasteiger partial charge in [0.2, 0.25) is 0 Å². The van der Waals surface area contributed by atoms with Crippen molar-refractivity contribution in [2.45, 2.75) is 49.7 Å². The first kappa shape index (κ1) is 22.2. The van der Waals surface area contributed by atoms with E-state index in [0.29, 0.717) is 11.6 Å². The zero-order valence-electron chi connectivity index (χ0n) is 16.7. The summed E-state index contributed by atoms with van der Waals surface area (Å²) in [6, 6.07) is 7.00. The smallest absolute Gasteiger partial charge is 0.335 e. The standard InChI is InChI=1S/C19H24ClN5O5S/c1-21-31(28,29)30-15-7-14(18(26)19(15)27)25-17-8-16(22-9-23-17)24-13-5-2-10-6-11(20)3-4-12(10)13/h3-4,6,8-9,13-15,18-19,21,26-27H,2,5,7H2,1H3,(H2,22,23,24,25)/t13-,14+,15+,18-,19-/m0/s1. The van der Waals surface area contributed by atoms with Gasteiger partial charge in [0.25, 0.3) is 0 Å². The SMILES string of the molecule is CNS(=O)(=O)O[C@@H]1C[C@@H](Nc2cc(N[C@H]3CCc4cc(Cl)ccc43)ncn2)[C@H](O)[C@H]1O. The maximum atomic E-state index is 11.6. The van der Waals surface area contributed by atoms with E-state index in [-0.39, 0.29) is 12.5 Å². The van der Waals surface area contributed by atoms with Crippen LogP contribution in [0.3, 0.4) is 0 Å². The average molecular weight is 470 g/mol. The van der Waals surface area contributed by atoms with Crippen LogP contribution in [0.4, 0.5) is 11.6 Å². The molecule has 0 amide bonds. The number of anilines is 2. The Bertz CT molecular complexity index is 1060. The lowest BCUT2D eigenvalue weighted by atomic mass is 10.1. The third kappa shape index (κ3) is 4.92. The molecule has 2 aromatic rings. The molecule has 2 aliphatic rings. The van der Waals surface area contributed by atoms with Gasteiger partial charge in [0.1, 0.15) is 36.3 Å². The fraction of sp³-hybridized carbons (Fsp3) is 0.474. The van der Waals surface area contributed by atoms with Crippen molar-refractivity contribution < 1.29 is 22.8 Å². The number of hydrogen-bond donors (Lipinski definition) is 5. The molecule has 10 nitrogen and oxygen atoms in total. The van der Waals surface area contributed by atoms with Crippen LogP contribution in [0.5, 0.6) is 0 Å². The number of hydrogen-bond acceptors (Lipinski definition) is 9. The van der Waals surface area contributed by atoms with E-state index in [1.807, 2.05) is 22.9 Å². The monoisotopic (exact) mass is 469 g/mol. The lowest BCUT2D eigenvalue weighted by Crippen LogP contribution is -2.38. The van der Waals surface area contributed by atoms with E-state index in [0.717, 1.165) is 17.9 Å². The summed E-state index contributed by atoms with van der Waals surface area (Å²) in [6.45, 7) is 0. The number of nitrogens with zero attached hydrogens (tertiary/aromatic N) is 2. The van der Waals surface area contributed by atoms with Gasteiger partial charge < -0.3 is 20.8 Å². The number of aryl methyl sites for hydroxylation is 1. The fourth-order valence-electron chi connectivity index (χ4n) is 4.06. The lowest BCUT2D eigenvalue weighted by Gasteiger charge is -2.19. The molecule has 0 radical (unpaired) electrons. The predicted molar refractivity (Wildman–Crippen MR) is 115 cm³/mol. The van der Waals surface area contributed by atoms with E-state index in [9.17, 15) is 18.6 Å². The highest BCUT2D eigenvalue weighted by Crippen LogP contribution is 2.35. The van der Waals surface area contributed by atoms with E-state index in [1.165, 1.54) is 24.5 Å². The summed E-state index contributed by atoms with van der Waals surface area (Å²) >= 11 is 6.08. The van der Waals surface area contributed by atoms with Crippen LogP contribution in [0.2, 0.25) is 5.02 Å². The van der Waals surface area contributed by atoms with Crippen molar-refractivity contribution in [2.24, 2.45) is 0 Å². The van der Waals surface area contributed by atoms with Gasteiger partial charge in [-0.2, -0.15) is 13.1 Å². The highest BCUT2D eigenvalue weighted by atomic mass is 35.5. The Balaban J connectivity index is 1.43. The average Bonchev–Trinajstić information content (AvgIpc) is 3.24. The molecule has 168 valence electrons. The zero-order chi connectivity index (χ0) is 22.2. The number of rotatable bonds is 7. The summed E-state index contributed by atoms with van der Waals surface area (Å²) < 4.78 is 30.1. The van der Waals surface area contributed by atoms with Crippen molar-refractivity contribution in [2.75, 3.05) is 17.7 Å². The van der Waals surface area contributed by atoms with Crippen molar-refractivity contribution in [1.82, 2.24) is 14.7 Å². The summed E-state index contributed by atoms with van der Waals surface area (Å²) in [4.78, 5) is 8.43. The first-order valence-electron chi connectivity index (χ1n) is 9.87. The highest BCUT2D eigenvalue weighted by Gasteiger charge is 2.44. The third-order valence-electron chi connectivity index (χ3n) is 5.63. The molecule has 5 N–H and O–H groups in total. The van der Waals surface area contributed by atoms with Crippen molar-refractivity contribution >= 4 is 33.5 Å². The number of fused-ring (bicyclic) bond motifs is 1. The van der Waals surface area contributed by atoms with Crippen LogP contribution in [0.15, 0.2) is 30.6 Å². The second-order valence-electron chi connectivity index (χ2n) is 7.63. The minimum atomic E-state index is -4.00. The van der Waals surface area contributed by atoms with Crippen molar-refractivity contribution in [3.8, 4) is 0 Å². The molecule has 0 aliphatic heterocycles.